The number of likely N-dealkylation sites (N-methyl/N-ethyl adjacent to an activating group) is 1. The fraction of sp³-hybridized carbons (Fsp3) is 0.263. The Morgan fingerprint density at radius 3 is 2.62 bits per heavy atom. The number of rotatable bonds is 2. The number of fused-ring (bicyclic) bond motifs is 1. The summed E-state index contributed by atoms with van der Waals surface area (Å²) < 4.78 is 5.49. The first-order valence-corrected chi connectivity index (χ1v) is 8.13. The van der Waals surface area contributed by atoms with E-state index in [1.165, 1.54) is 0 Å². The molecule has 0 bridgehead atoms. The molecule has 24 heavy (non-hydrogen) atoms. The SMILES string of the molecule is CN1CCN(c2ccc3cc(-c4ccccn4)oc(=O)c3c2)CC1. The van der Waals surface area contributed by atoms with E-state index in [4.69, 9.17) is 4.42 Å². The van der Waals surface area contributed by atoms with Gasteiger partial charge in [-0.15, -0.1) is 0 Å². The summed E-state index contributed by atoms with van der Waals surface area (Å²) in [6, 6.07) is 13.4. The molecule has 4 rings (SSSR count). The maximum atomic E-state index is 12.4. The first-order valence-electron chi connectivity index (χ1n) is 8.13. The van der Waals surface area contributed by atoms with Gasteiger partial charge < -0.3 is 14.2 Å². The zero-order chi connectivity index (χ0) is 16.5. The third-order valence-corrected chi connectivity index (χ3v) is 4.53. The number of benzene rings is 1. The fourth-order valence-electron chi connectivity index (χ4n) is 3.07. The highest BCUT2D eigenvalue weighted by atomic mass is 16.4. The number of nitrogens with zero attached hydrogens (tertiary/aromatic N) is 3. The lowest BCUT2D eigenvalue weighted by molar-refractivity contribution is 0.313. The molecular formula is C19H19N3O2. The third-order valence-electron chi connectivity index (χ3n) is 4.53. The molecule has 1 aliphatic rings. The summed E-state index contributed by atoms with van der Waals surface area (Å²) in [6.07, 6.45) is 1.69. The van der Waals surface area contributed by atoms with E-state index < -0.39 is 0 Å². The average Bonchev–Trinajstić information content (AvgIpc) is 2.63. The van der Waals surface area contributed by atoms with Gasteiger partial charge in [0.1, 0.15) is 5.69 Å². The van der Waals surface area contributed by atoms with Gasteiger partial charge in [0.2, 0.25) is 0 Å². The zero-order valence-corrected chi connectivity index (χ0v) is 13.6. The number of anilines is 1. The minimum atomic E-state index is -0.316. The highest BCUT2D eigenvalue weighted by Gasteiger charge is 2.15. The second kappa shape index (κ2) is 6.09. The smallest absolute Gasteiger partial charge is 0.344 e. The van der Waals surface area contributed by atoms with Crippen molar-refractivity contribution in [2.75, 3.05) is 38.1 Å². The van der Waals surface area contributed by atoms with E-state index in [1.54, 1.807) is 6.20 Å². The molecule has 1 aromatic carbocycles. The van der Waals surface area contributed by atoms with Gasteiger partial charge in [0.05, 0.1) is 5.39 Å². The van der Waals surface area contributed by atoms with Crippen molar-refractivity contribution in [1.29, 1.82) is 0 Å². The Bertz CT molecular complexity index is 913. The van der Waals surface area contributed by atoms with E-state index in [1.807, 2.05) is 36.4 Å². The van der Waals surface area contributed by atoms with Crippen LogP contribution in [0.15, 0.2) is 57.9 Å². The molecule has 3 aromatic rings. The van der Waals surface area contributed by atoms with E-state index in [0.717, 1.165) is 37.3 Å². The third kappa shape index (κ3) is 2.78. The Balaban J connectivity index is 1.73. The molecule has 0 amide bonds. The van der Waals surface area contributed by atoms with Crippen LogP contribution in [-0.4, -0.2) is 43.1 Å². The summed E-state index contributed by atoms with van der Waals surface area (Å²) in [5, 5.41) is 1.50. The van der Waals surface area contributed by atoms with Crippen molar-refractivity contribution < 1.29 is 4.42 Å². The Hall–Kier alpha value is -2.66. The van der Waals surface area contributed by atoms with Crippen LogP contribution in [0.3, 0.4) is 0 Å². The molecule has 0 unspecified atom stereocenters. The summed E-state index contributed by atoms with van der Waals surface area (Å²) in [4.78, 5) is 21.3. The van der Waals surface area contributed by atoms with Gasteiger partial charge in [-0.25, -0.2) is 4.79 Å². The van der Waals surface area contributed by atoms with Crippen LogP contribution in [0.25, 0.3) is 22.2 Å². The second-order valence-corrected chi connectivity index (χ2v) is 6.17. The molecule has 5 heteroatoms. The maximum Gasteiger partial charge on any atom is 0.344 e. The van der Waals surface area contributed by atoms with Gasteiger partial charge in [-0.1, -0.05) is 12.1 Å². The van der Waals surface area contributed by atoms with E-state index in [2.05, 4.69) is 27.9 Å². The quantitative estimate of drug-likeness (QED) is 0.726. The van der Waals surface area contributed by atoms with Gasteiger partial charge in [0.25, 0.3) is 0 Å². The van der Waals surface area contributed by atoms with Crippen LogP contribution in [-0.2, 0) is 0 Å². The van der Waals surface area contributed by atoms with Gasteiger partial charge >= 0.3 is 5.63 Å². The van der Waals surface area contributed by atoms with E-state index in [-0.39, 0.29) is 5.63 Å². The Morgan fingerprint density at radius 1 is 1.04 bits per heavy atom. The monoisotopic (exact) mass is 321 g/mol. The summed E-state index contributed by atoms with van der Waals surface area (Å²) in [6.45, 7) is 4.01. The molecule has 0 saturated carbocycles. The van der Waals surface area contributed by atoms with Crippen LogP contribution >= 0.6 is 0 Å². The fourth-order valence-corrected chi connectivity index (χ4v) is 3.07. The predicted molar refractivity (Wildman–Crippen MR) is 95.4 cm³/mol. The summed E-state index contributed by atoms with van der Waals surface area (Å²) >= 11 is 0. The lowest BCUT2D eigenvalue weighted by atomic mass is 10.1. The molecule has 122 valence electrons. The van der Waals surface area contributed by atoms with Crippen LogP contribution in [0.4, 0.5) is 5.69 Å². The summed E-state index contributed by atoms with van der Waals surface area (Å²) in [5.41, 5.74) is 1.43. The van der Waals surface area contributed by atoms with Crippen LogP contribution in [0.2, 0.25) is 0 Å². The van der Waals surface area contributed by atoms with Gasteiger partial charge in [-0.3, -0.25) is 4.98 Å². The molecule has 3 heterocycles. The van der Waals surface area contributed by atoms with Crippen molar-refractivity contribution in [3.63, 3.8) is 0 Å². The largest absolute Gasteiger partial charge is 0.421 e. The van der Waals surface area contributed by atoms with Crippen molar-refractivity contribution in [3.8, 4) is 11.5 Å². The van der Waals surface area contributed by atoms with Gasteiger partial charge in [-0.2, -0.15) is 0 Å². The molecule has 5 nitrogen and oxygen atoms in total. The minimum absolute atomic E-state index is 0.316. The standard InChI is InChI=1S/C19H19N3O2/c1-21-8-10-22(11-9-21)15-6-5-14-12-18(17-4-2-3-7-20-17)24-19(23)16(14)13-15/h2-7,12-13H,8-11H2,1H3. The number of hydrogen-bond donors (Lipinski definition) is 0. The van der Waals surface area contributed by atoms with E-state index >= 15 is 0 Å². The molecular weight excluding hydrogens is 302 g/mol. The molecule has 0 spiro atoms. The first kappa shape index (κ1) is 14.9. The molecule has 1 aliphatic heterocycles. The lowest BCUT2D eigenvalue weighted by Crippen LogP contribution is -2.44. The van der Waals surface area contributed by atoms with Crippen LogP contribution in [0.1, 0.15) is 0 Å². The molecule has 0 N–H and O–H groups in total. The summed E-state index contributed by atoms with van der Waals surface area (Å²) in [5.74, 6) is 0.500. The number of aromatic nitrogens is 1. The number of pyridine rings is 1. The normalized spacial score (nSPS) is 15.8. The first-order chi connectivity index (χ1) is 11.7. The highest BCUT2D eigenvalue weighted by Crippen LogP contribution is 2.24. The minimum Gasteiger partial charge on any atom is -0.421 e. The molecule has 1 fully saturated rings. The highest BCUT2D eigenvalue weighted by molar-refractivity contribution is 5.86. The van der Waals surface area contributed by atoms with E-state index in [9.17, 15) is 4.79 Å². The van der Waals surface area contributed by atoms with Crippen molar-refractivity contribution in [2.24, 2.45) is 0 Å². The van der Waals surface area contributed by atoms with Crippen molar-refractivity contribution in [1.82, 2.24) is 9.88 Å². The van der Waals surface area contributed by atoms with Crippen LogP contribution < -0.4 is 10.5 Å². The van der Waals surface area contributed by atoms with Crippen LogP contribution in [0, 0.1) is 0 Å². The zero-order valence-electron chi connectivity index (χ0n) is 13.6. The predicted octanol–water partition coefficient (Wildman–Crippen LogP) is 2.61. The number of hydrogen-bond acceptors (Lipinski definition) is 5. The molecule has 0 aliphatic carbocycles. The maximum absolute atomic E-state index is 12.4. The lowest BCUT2D eigenvalue weighted by Gasteiger charge is -2.34. The molecule has 0 atom stereocenters. The van der Waals surface area contributed by atoms with Gasteiger partial charge in [0.15, 0.2) is 5.76 Å². The van der Waals surface area contributed by atoms with Crippen molar-refractivity contribution >= 4 is 16.5 Å². The van der Waals surface area contributed by atoms with Gasteiger partial charge in [0, 0.05) is 38.1 Å². The Labute approximate surface area is 140 Å². The summed E-state index contributed by atoms with van der Waals surface area (Å²) in [7, 11) is 2.13. The molecule has 0 radical (unpaired) electrons. The van der Waals surface area contributed by atoms with Crippen LogP contribution in [0.5, 0.6) is 0 Å². The van der Waals surface area contributed by atoms with E-state index in [0.29, 0.717) is 16.8 Å². The topological polar surface area (TPSA) is 49.6 Å². The Morgan fingerprint density at radius 2 is 1.88 bits per heavy atom. The molecule has 1 saturated heterocycles. The number of piperazine rings is 1. The Kier molecular flexibility index (Phi) is 3.78. The van der Waals surface area contributed by atoms with Crippen molar-refractivity contribution in [2.45, 2.75) is 0 Å². The molecule has 2 aromatic heterocycles. The van der Waals surface area contributed by atoms with Crippen molar-refractivity contribution in [3.05, 3.63) is 59.1 Å². The average molecular weight is 321 g/mol. The second-order valence-electron chi connectivity index (χ2n) is 6.17. The van der Waals surface area contributed by atoms with Gasteiger partial charge in [-0.05, 0) is 42.8 Å².